The molecule has 1 aliphatic carbocycles. The molecule has 1 saturated carbocycles. The minimum atomic E-state index is -0.693. The second kappa shape index (κ2) is 4.92. The van der Waals surface area contributed by atoms with Crippen LogP contribution in [0.2, 0.25) is 0 Å². The molecule has 6 nitrogen and oxygen atoms in total. The number of aromatic nitrogens is 1. The lowest BCUT2D eigenvalue weighted by atomic mass is 9.78. The Kier molecular flexibility index (Phi) is 3.23. The first-order chi connectivity index (χ1) is 9.62. The van der Waals surface area contributed by atoms with Crippen LogP contribution >= 0.6 is 0 Å². The quantitative estimate of drug-likeness (QED) is 0.882. The molecular formula is C14H19N3O3. The monoisotopic (exact) mass is 277 g/mol. The van der Waals surface area contributed by atoms with E-state index in [1.54, 1.807) is 24.1 Å². The van der Waals surface area contributed by atoms with Crippen molar-refractivity contribution < 1.29 is 14.1 Å². The van der Waals surface area contributed by atoms with Crippen LogP contribution in [-0.4, -0.2) is 33.5 Å². The van der Waals surface area contributed by atoms with Crippen molar-refractivity contribution in [3.05, 3.63) is 18.0 Å². The first-order valence-electron chi connectivity index (χ1n) is 7.15. The molecule has 1 atom stereocenters. The maximum Gasteiger partial charge on any atom is 0.249 e. The Hall–Kier alpha value is -1.85. The lowest BCUT2D eigenvalue weighted by Gasteiger charge is -2.46. The largest absolute Gasteiger partial charge is 0.360 e. The highest BCUT2D eigenvalue weighted by atomic mass is 16.5. The molecule has 0 aromatic carbocycles. The fourth-order valence-corrected chi connectivity index (χ4v) is 3.18. The number of rotatable bonds is 2. The molecule has 1 spiro atoms. The molecule has 0 radical (unpaired) electrons. The minimum absolute atomic E-state index is 0.0145. The molecule has 1 saturated heterocycles. The zero-order valence-electron chi connectivity index (χ0n) is 11.6. The highest BCUT2D eigenvalue weighted by Gasteiger charge is 2.49. The summed E-state index contributed by atoms with van der Waals surface area (Å²) in [5.74, 6) is 0.539. The van der Waals surface area contributed by atoms with E-state index in [1.807, 2.05) is 0 Å². The summed E-state index contributed by atoms with van der Waals surface area (Å²) in [6, 6.07) is 1.25. The average molecular weight is 277 g/mol. The molecule has 108 valence electrons. The molecule has 1 aromatic heterocycles. The second-order valence-corrected chi connectivity index (χ2v) is 5.72. The number of nitrogens with one attached hydrogen (secondary N) is 1. The van der Waals surface area contributed by atoms with Crippen LogP contribution in [0.3, 0.4) is 0 Å². The molecule has 2 fully saturated rings. The summed E-state index contributed by atoms with van der Waals surface area (Å²) in [6.45, 7) is 2.05. The Bertz CT molecular complexity index is 506. The summed E-state index contributed by atoms with van der Waals surface area (Å²) in [7, 11) is 0. The molecule has 6 heteroatoms. The molecule has 2 aliphatic rings. The van der Waals surface area contributed by atoms with Crippen molar-refractivity contribution >= 4 is 11.8 Å². The van der Waals surface area contributed by atoms with Crippen LogP contribution in [0.5, 0.6) is 0 Å². The van der Waals surface area contributed by atoms with Gasteiger partial charge < -0.3 is 14.7 Å². The molecule has 2 heterocycles. The van der Waals surface area contributed by atoms with Crippen LogP contribution in [0.25, 0.3) is 0 Å². The highest BCUT2D eigenvalue weighted by Crippen LogP contribution is 2.33. The summed E-state index contributed by atoms with van der Waals surface area (Å²) in [5.41, 5.74) is -0.693. The number of hydrogen-bond acceptors (Lipinski definition) is 4. The van der Waals surface area contributed by atoms with Gasteiger partial charge in [-0.05, 0) is 19.8 Å². The van der Waals surface area contributed by atoms with Crippen LogP contribution in [-0.2, 0) is 16.1 Å². The maximum atomic E-state index is 12.8. The molecule has 1 aromatic rings. The van der Waals surface area contributed by atoms with Gasteiger partial charge >= 0.3 is 0 Å². The fraction of sp³-hybridized carbons (Fsp3) is 0.643. The van der Waals surface area contributed by atoms with Crippen molar-refractivity contribution in [3.63, 3.8) is 0 Å². The zero-order chi connectivity index (χ0) is 14.2. The van der Waals surface area contributed by atoms with Gasteiger partial charge in [0.1, 0.15) is 11.6 Å². The molecule has 1 N–H and O–H groups in total. The Balaban J connectivity index is 1.86. The number of hydrogen-bond donors (Lipinski definition) is 1. The van der Waals surface area contributed by atoms with Crippen molar-refractivity contribution in [3.8, 4) is 0 Å². The Morgan fingerprint density at radius 1 is 1.40 bits per heavy atom. The summed E-state index contributed by atoms with van der Waals surface area (Å²) in [6.07, 6.45) is 6.11. The molecule has 1 unspecified atom stereocenters. The molecule has 3 rings (SSSR count). The summed E-state index contributed by atoms with van der Waals surface area (Å²) >= 11 is 0. The van der Waals surface area contributed by atoms with E-state index in [4.69, 9.17) is 4.52 Å². The van der Waals surface area contributed by atoms with Gasteiger partial charge in [0.2, 0.25) is 11.8 Å². The molecule has 0 bridgehead atoms. The van der Waals surface area contributed by atoms with Gasteiger partial charge in [0.15, 0.2) is 5.76 Å². The van der Waals surface area contributed by atoms with Crippen molar-refractivity contribution in [2.75, 3.05) is 0 Å². The fourth-order valence-electron chi connectivity index (χ4n) is 3.18. The van der Waals surface area contributed by atoms with Crippen LogP contribution in [0.1, 0.15) is 44.8 Å². The van der Waals surface area contributed by atoms with Gasteiger partial charge in [-0.1, -0.05) is 24.4 Å². The SMILES string of the molecule is CC1C(=O)NC2(CCCCC2)C(=O)N1Cc1ccno1. The molecule has 20 heavy (non-hydrogen) atoms. The lowest BCUT2D eigenvalue weighted by Crippen LogP contribution is -2.69. The summed E-state index contributed by atoms with van der Waals surface area (Å²) in [5, 5.41) is 6.61. The van der Waals surface area contributed by atoms with E-state index < -0.39 is 11.6 Å². The third-order valence-corrected chi connectivity index (χ3v) is 4.40. The van der Waals surface area contributed by atoms with E-state index in [0.717, 1.165) is 32.1 Å². The van der Waals surface area contributed by atoms with Crippen LogP contribution in [0, 0.1) is 0 Å². The van der Waals surface area contributed by atoms with Crippen LogP contribution in [0.15, 0.2) is 16.8 Å². The average Bonchev–Trinajstić information content (AvgIpc) is 2.96. The zero-order valence-corrected chi connectivity index (χ0v) is 11.6. The number of carbonyl (C=O) groups excluding carboxylic acids is 2. The van der Waals surface area contributed by atoms with E-state index >= 15 is 0 Å². The first-order valence-corrected chi connectivity index (χ1v) is 7.15. The normalized spacial score (nSPS) is 25.9. The molecule has 1 aliphatic heterocycles. The van der Waals surface area contributed by atoms with Crippen LogP contribution < -0.4 is 5.32 Å². The summed E-state index contributed by atoms with van der Waals surface area (Å²) < 4.78 is 5.07. The van der Waals surface area contributed by atoms with Crippen molar-refractivity contribution in [2.45, 2.75) is 57.2 Å². The van der Waals surface area contributed by atoms with E-state index in [0.29, 0.717) is 12.3 Å². The van der Waals surface area contributed by atoms with Gasteiger partial charge in [-0.25, -0.2) is 0 Å². The highest BCUT2D eigenvalue weighted by molar-refractivity contribution is 5.99. The van der Waals surface area contributed by atoms with Crippen LogP contribution in [0.4, 0.5) is 0 Å². The second-order valence-electron chi connectivity index (χ2n) is 5.72. The van der Waals surface area contributed by atoms with Crippen molar-refractivity contribution in [1.82, 2.24) is 15.4 Å². The molecular weight excluding hydrogens is 258 g/mol. The van der Waals surface area contributed by atoms with E-state index in [9.17, 15) is 9.59 Å². The van der Waals surface area contributed by atoms with Gasteiger partial charge in [0.25, 0.3) is 0 Å². The Morgan fingerprint density at radius 2 is 2.15 bits per heavy atom. The smallest absolute Gasteiger partial charge is 0.249 e. The van der Waals surface area contributed by atoms with E-state index in [1.165, 1.54) is 0 Å². The van der Waals surface area contributed by atoms with Gasteiger partial charge in [-0.2, -0.15) is 0 Å². The van der Waals surface area contributed by atoms with Gasteiger partial charge in [-0.3, -0.25) is 9.59 Å². The van der Waals surface area contributed by atoms with E-state index in [2.05, 4.69) is 10.5 Å². The summed E-state index contributed by atoms with van der Waals surface area (Å²) in [4.78, 5) is 26.7. The Labute approximate surface area is 117 Å². The van der Waals surface area contributed by atoms with Crippen molar-refractivity contribution in [2.24, 2.45) is 0 Å². The van der Waals surface area contributed by atoms with Gasteiger partial charge in [0, 0.05) is 6.07 Å². The van der Waals surface area contributed by atoms with Crippen molar-refractivity contribution in [1.29, 1.82) is 0 Å². The Morgan fingerprint density at radius 3 is 2.80 bits per heavy atom. The van der Waals surface area contributed by atoms with Gasteiger partial charge in [-0.15, -0.1) is 0 Å². The first kappa shape index (κ1) is 13.1. The third-order valence-electron chi connectivity index (χ3n) is 4.40. The number of nitrogens with zero attached hydrogens (tertiary/aromatic N) is 2. The standard InChI is InChI=1S/C14H19N3O3/c1-10-12(18)16-14(6-3-2-4-7-14)13(19)17(10)9-11-5-8-15-20-11/h5,8,10H,2-4,6-7,9H2,1H3,(H,16,18). The predicted molar refractivity (Wildman–Crippen MR) is 70.5 cm³/mol. The minimum Gasteiger partial charge on any atom is -0.360 e. The third kappa shape index (κ3) is 2.09. The topological polar surface area (TPSA) is 75.4 Å². The maximum absolute atomic E-state index is 12.8. The predicted octanol–water partition coefficient (Wildman–Crippen LogP) is 1.22. The lowest BCUT2D eigenvalue weighted by molar-refractivity contribution is -0.157. The van der Waals surface area contributed by atoms with E-state index in [-0.39, 0.29) is 11.8 Å². The number of piperazine rings is 1. The molecule has 2 amide bonds. The number of amides is 2. The number of carbonyl (C=O) groups is 2. The van der Waals surface area contributed by atoms with Gasteiger partial charge in [0.05, 0.1) is 12.7 Å².